The molecule has 1 aliphatic heterocycles. The van der Waals surface area contributed by atoms with Crippen LogP contribution < -0.4 is 5.32 Å². The molecule has 1 aromatic heterocycles. The first-order valence-corrected chi connectivity index (χ1v) is 11.8. The van der Waals surface area contributed by atoms with Gasteiger partial charge in [0.2, 0.25) is 11.8 Å². The molecule has 1 amide bonds. The monoisotopic (exact) mass is 413 g/mol. The first-order valence-electron chi connectivity index (χ1n) is 10.9. The van der Waals surface area contributed by atoms with Crippen LogP contribution in [0.1, 0.15) is 55.4 Å². The number of thiazole rings is 1. The van der Waals surface area contributed by atoms with E-state index in [0.717, 1.165) is 50.3 Å². The second-order valence-corrected chi connectivity index (χ2v) is 9.52. The predicted octanol–water partition coefficient (Wildman–Crippen LogP) is 4.62. The number of hydrogen-bond donors (Lipinski definition) is 2. The van der Waals surface area contributed by atoms with Crippen LogP contribution in [0.15, 0.2) is 30.3 Å². The minimum atomic E-state index is 0.0145. The van der Waals surface area contributed by atoms with E-state index in [4.69, 9.17) is 0 Å². The molecule has 2 aromatic rings. The minimum Gasteiger partial charge on any atom is -0.492 e. The van der Waals surface area contributed by atoms with E-state index in [9.17, 15) is 9.90 Å². The molecule has 5 nitrogen and oxygen atoms in total. The highest BCUT2D eigenvalue weighted by Gasteiger charge is 2.25. The summed E-state index contributed by atoms with van der Waals surface area (Å²) < 4.78 is 0. The molecule has 1 saturated heterocycles. The van der Waals surface area contributed by atoms with E-state index in [-0.39, 0.29) is 18.2 Å². The van der Waals surface area contributed by atoms with Gasteiger partial charge in [0.1, 0.15) is 0 Å². The fourth-order valence-corrected chi connectivity index (χ4v) is 5.45. The third kappa shape index (κ3) is 5.50. The Hall–Kier alpha value is -2.08. The highest BCUT2D eigenvalue weighted by molar-refractivity contribution is 7.16. The standard InChI is InChI=1S/C23H31N3O2S/c27-21(26-13-11-18(12-14-26)15-17-7-3-1-4-8-17)16-20-22(28)25-23(29-20)24-19-9-5-2-6-10-19/h1,3-4,7-8,18-19,28H,2,5-6,9-16H2,(H,24,25). The summed E-state index contributed by atoms with van der Waals surface area (Å²) in [6.45, 7) is 1.62. The van der Waals surface area contributed by atoms with Crippen molar-refractivity contribution in [3.05, 3.63) is 40.8 Å². The van der Waals surface area contributed by atoms with Crippen LogP contribution in [0.25, 0.3) is 0 Å². The van der Waals surface area contributed by atoms with E-state index < -0.39 is 0 Å². The van der Waals surface area contributed by atoms with Gasteiger partial charge in [0.15, 0.2) is 5.13 Å². The molecule has 2 heterocycles. The number of rotatable bonds is 6. The van der Waals surface area contributed by atoms with Gasteiger partial charge in [-0.3, -0.25) is 4.79 Å². The molecule has 6 heteroatoms. The lowest BCUT2D eigenvalue weighted by atomic mass is 9.90. The van der Waals surface area contributed by atoms with Crippen molar-refractivity contribution in [3.63, 3.8) is 0 Å². The topological polar surface area (TPSA) is 65.5 Å². The summed E-state index contributed by atoms with van der Waals surface area (Å²) in [4.78, 5) is 19.6. The van der Waals surface area contributed by atoms with Gasteiger partial charge < -0.3 is 15.3 Å². The Balaban J connectivity index is 1.26. The van der Waals surface area contributed by atoms with E-state index in [1.165, 1.54) is 36.2 Å². The number of nitrogens with one attached hydrogen (secondary N) is 1. The Labute approximate surface area is 177 Å². The van der Waals surface area contributed by atoms with Crippen molar-refractivity contribution in [3.8, 4) is 5.88 Å². The van der Waals surface area contributed by atoms with Crippen molar-refractivity contribution in [1.29, 1.82) is 0 Å². The maximum Gasteiger partial charge on any atom is 0.228 e. The van der Waals surface area contributed by atoms with Crippen LogP contribution >= 0.6 is 11.3 Å². The number of aromatic nitrogens is 1. The Morgan fingerprint density at radius 2 is 1.83 bits per heavy atom. The Morgan fingerprint density at radius 1 is 1.10 bits per heavy atom. The second kappa shape index (κ2) is 9.61. The SMILES string of the molecule is O=C(Cc1sc(NC2CCCCC2)nc1O)N1CCC(Cc2ccccc2)CC1. The van der Waals surface area contributed by atoms with Gasteiger partial charge in [0.25, 0.3) is 0 Å². The molecule has 0 atom stereocenters. The third-order valence-electron chi connectivity index (χ3n) is 6.26. The largest absolute Gasteiger partial charge is 0.492 e. The molecule has 0 bridgehead atoms. The first kappa shape index (κ1) is 20.2. The fourth-order valence-electron chi connectivity index (χ4n) is 4.53. The molecule has 0 unspecified atom stereocenters. The van der Waals surface area contributed by atoms with Gasteiger partial charge in [0.05, 0.1) is 11.3 Å². The summed E-state index contributed by atoms with van der Waals surface area (Å²) in [6, 6.07) is 11.0. The van der Waals surface area contributed by atoms with Crippen LogP contribution in [0.3, 0.4) is 0 Å². The van der Waals surface area contributed by atoms with Crippen molar-refractivity contribution in [2.75, 3.05) is 18.4 Å². The predicted molar refractivity (Wildman–Crippen MR) is 117 cm³/mol. The van der Waals surface area contributed by atoms with E-state index in [1.807, 2.05) is 4.90 Å². The number of carbonyl (C=O) groups is 1. The van der Waals surface area contributed by atoms with E-state index in [2.05, 4.69) is 40.6 Å². The van der Waals surface area contributed by atoms with E-state index >= 15 is 0 Å². The van der Waals surface area contributed by atoms with Crippen LogP contribution in [0.2, 0.25) is 0 Å². The maximum absolute atomic E-state index is 12.8. The molecule has 1 aromatic carbocycles. The summed E-state index contributed by atoms with van der Waals surface area (Å²) in [5, 5.41) is 14.4. The zero-order valence-corrected chi connectivity index (χ0v) is 17.8. The quantitative estimate of drug-likeness (QED) is 0.725. The van der Waals surface area contributed by atoms with Crippen molar-refractivity contribution in [1.82, 2.24) is 9.88 Å². The number of anilines is 1. The van der Waals surface area contributed by atoms with Gasteiger partial charge in [-0.2, -0.15) is 4.98 Å². The Kier molecular flexibility index (Phi) is 6.70. The van der Waals surface area contributed by atoms with Gasteiger partial charge >= 0.3 is 0 Å². The second-order valence-electron chi connectivity index (χ2n) is 8.44. The molecule has 2 fully saturated rings. The van der Waals surface area contributed by atoms with Crippen LogP contribution in [0.4, 0.5) is 5.13 Å². The lowest BCUT2D eigenvalue weighted by Crippen LogP contribution is -2.39. The van der Waals surface area contributed by atoms with Gasteiger partial charge in [-0.15, -0.1) is 0 Å². The smallest absolute Gasteiger partial charge is 0.228 e. The lowest BCUT2D eigenvalue weighted by Gasteiger charge is -2.32. The fraction of sp³-hybridized carbons (Fsp3) is 0.565. The molecule has 4 rings (SSSR count). The maximum atomic E-state index is 12.8. The van der Waals surface area contributed by atoms with Gasteiger partial charge in [-0.05, 0) is 43.6 Å². The number of likely N-dealkylation sites (tertiary alicyclic amines) is 1. The summed E-state index contributed by atoms with van der Waals surface area (Å²) in [5.74, 6) is 0.761. The average molecular weight is 414 g/mol. The van der Waals surface area contributed by atoms with Crippen LogP contribution in [0, 0.1) is 5.92 Å². The molecular formula is C23H31N3O2S. The first-order chi connectivity index (χ1) is 14.2. The number of piperidine rings is 1. The van der Waals surface area contributed by atoms with Crippen molar-refractivity contribution in [2.45, 2.75) is 63.8 Å². The molecule has 2 aliphatic rings. The number of amides is 1. The molecule has 156 valence electrons. The van der Waals surface area contributed by atoms with E-state index in [0.29, 0.717) is 16.8 Å². The highest BCUT2D eigenvalue weighted by atomic mass is 32.1. The summed E-state index contributed by atoms with van der Waals surface area (Å²) in [7, 11) is 0. The molecule has 1 saturated carbocycles. The third-order valence-corrected chi connectivity index (χ3v) is 7.23. The number of benzene rings is 1. The summed E-state index contributed by atoms with van der Waals surface area (Å²) in [5.41, 5.74) is 1.38. The molecule has 2 N–H and O–H groups in total. The number of hydrogen-bond acceptors (Lipinski definition) is 5. The normalized spacial score (nSPS) is 18.7. The van der Waals surface area contributed by atoms with Crippen LogP contribution in [0.5, 0.6) is 5.88 Å². The molecule has 1 aliphatic carbocycles. The van der Waals surface area contributed by atoms with Crippen molar-refractivity contribution in [2.24, 2.45) is 5.92 Å². The molecular weight excluding hydrogens is 382 g/mol. The van der Waals surface area contributed by atoms with Gasteiger partial charge in [0, 0.05) is 19.1 Å². The van der Waals surface area contributed by atoms with Gasteiger partial charge in [-0.1, -0.05) is 60.9 Å². The minimum absolute atomic E-state index is 0.0145. The molecule has 29 heavy (non-hydrogen) atoms. The summed E-state index contributed by atoms with van der Waals surface area (Å²) >= 11 is 1.43. The van der Waals surface area contributed by atoms with E-state index in [1.54, 1.807) is 0 Å². The van der Waals surface area contributed by atoms with Crippen molar-refractivity contribution >= 4 is 22.4 Å². The van der Waals surface area contributed by atoms with Crippen LogP contribution in [-0.2, 0) is 17.6 Å². The molecule has 0 spiro atoms. The summed E-state index contributed by atoms with van der Waals surface area (Å²) in [6.07, 6.45) is 9.56. The van der Waals surface area contributed by atoms with Crippen molar-refractivity contribution < 1.29 is 9.90 Å². The highest BCUT2D eigenvalue weighted by Crippen LogP contribution is 2.31. The average Bonchev–Trinajstić information content (AvgIpc) is 3.08. The number of aromatic hydroxyl groups is 1. The Morgan fingerprint density at radius 3 is 2.55 bits per heavy atom. The van der Waals surface area contributed by atoms with Gasteiger partial charge in [-0.25, -0.2) is 0 Å². The number of nitrogens with zero attached hydrogens (tertiary/aromatic N) is 2. The lowest BCUT2D eigenvalue weighted by molar-refractivity contribution is -0.131. The Bertz CT molecular complexity index is 794. The number of carbonyl (C=O) groups excluding carboxylic acids is 1. The molecule has 0 radical (unpaired) electrons. The van der Waals surface area contributed by atoms with Crippen LogP contribution in [-0.4, -0.2) is 40.0 Å². The zero-order chi connectivity index (χ0) is 20.1. The zero-order valence-electron chi connectivity index (χ0n) is 17.0.